The van der Waals surface area contributed by atoms with Crippen LogP contribution in [0.3, 0.4) is 0 Å². The molecule has 2 rings (SSSR count). The Morgan fingerprint density at radius 2 is 2.00 bits per heavy atom. The van der Waals surface area contributed by atoms with E-state index < -0.39 is 11.7 Å². The Hall–Kier alpha value is -1.35. The molecule has 90 valence electrons. The number of nitrogens with zero attached hydrogens (tertiary/aromatic N) is 1. The summed E-state index contributed by atoms with van der Waals surface area (Å²) in [5.41, 5.74) is 0.941. The summed E-state index contributed by atoms with van der Waals surface area (Å²) in [5.74, 6) is -1.51. The van der Waals surface area contributed by atoms with Gasteiger partial charge >= 0.3 is 0 Å². The highest BCUT2D eigenvalue weighted by Crippen LogP contribution is 2.29. The van der Waals surface area contributed by atoms with Crippen molar-refractivity contribution in [3.05, 3.63) is 47.3 Å². The summed E-state index contributed by atoms with van der Waals surface area (Å²) < 4.78 is 12.9. The van der Waals surface area contributed by atoms with Gasteiger partial charge in [-0.05, 0) is 30.5 Å². The van der Waals surface area contributed by atoms with E-state index in [9.17, 15) is 9.18 Å². The van der Waals surface area contributed by atoms with E-state index in [1.54, 1.807) is 12.1 Å². The van der Waals surface area contributed by atoms with Crippen molar-refractivity contribution in [2.75, 3.05) is 0 Å². The van der Waals surface area contributed by atoms with Crippen LogP contribution in [0.5, 0.6) is 0 Å². The molecule has 0 atom stereocenters. The average molecular weight is 254 g/mol. The first-order valence-corrected chi connectivity index (χ1v) is 5.85. The molecule has 1 amide bonds. The van der Waals surface area contributed by atoms with Crippen LogP contribution in [0.1, 0.15) is 18.4 Å². The molecule has 0 aliphatic heterocycles. The molecule has 0 saturated heterocycles. The smallest absolute Gasteiger partial charge is 0.282 e. The lowest BCUT2D eigenvalue weighted by molar-refractivity contribution is -0.129. The van der Waals surface area contributed by atoms with Gasteiger partial charge in [-0.2, -0.15) is 0 Å². The Morgan fingerprint density at radius 3 is 2.47 bits per heavy atom. The lowest BCUT2D eigenvalue weighted by atomic mass is 10.2. The van der Waals surface area contributed by atoms with Crippen LogP contribution in [0, 0.1) is 0 Å². The second-order valence-corrected chi connectivity index (χ2v) is 4.63. The number of amides is 1. The van der Waals surface area contributed by atoms with Gasteiger partial charge in [-0.25, -0.2) is 4.39 Å². The summed E-state index contributed by atoms with van der Waals surface area (Å²) in [4.78, 5) is 13.2. The molecule has 0 N–H and O–H groups in total. The molecule has 0 spiro atoms. The summed E-state index contributed by atoms with van der Waals surface area (Å²) in [6, 6.07) is 7.36. The number of carbonyl (C=O) groups excluding carboxylic acids is 1. The standard InChI is InChI=1S/C13H13ClFNO/c1-9(15)13(17)16(12-6-7-12)8-10-2-4-11(14)5-3-10/h2-5,12H,1,6-8H2. The fourth-order valence-corrected chi connectivity index (χ4v) is 1.82. The molecule has 2 nitrogen and oxygen atoms in total. The minimum atomic E-state index is -0.897. The molecule has 1 aromatic rings. The van der Waals surface area contributed by atoms with Crippen LogP contribution in [0.4, 0.5) is 4.39 Å². The Morgan fingerprint density at radius 1 is 1.41 bits per heavy atom. The van der Waals surface area contributed by atoms with E-state index in [0.717, 1.165) is 18.4 Å². The maximum absolute atomic E-state index is 12.9. The van der Waals surface area contributed by atoms with E-state index in [-0.39, 0.29) is 6.04 Å². The van der Waals surface area contributed by atoms with Gasteiger partial charge in [0.25, 0.3) is 5.91 Å². The summed E-state index contributed by atoms with van der Waals surface area (Å²) in [7, 11) is 0. The molecular formula is C13H13ClFNO. The molecule has 1 aromatic carbocycles. The van der Waals surface area contributed by atoms with Gasteiger partial charge in [-0.15, -0.1) is 0 Å². The monoisotopic (exact) mass is 253 g/mol. The fourth-order valence-electron chi connectivity index (χ4n) is 1.70. The lowest BCUT2D eigenvalue weighted by Crippen LogP contribution is -2.32. The zero-order valence-electron chi connectivity index (χ0n) is 9.33. The first-order chi connectivity index (χ1) is 8.08. The van der Waals surface area contributed by atoms with Crippen molar-refractivity contribution in [3.63, 3.8) is 0 Å². The quantitative estimate of drug-likeness (QED) is 0.754. The first-order valence-electron chi connectivity index (χ1n) is 5.48. The second kappa shape index (κ2) is 4.88. The third-order valence-electron chi connectivity index (χ3n) is 2.75. The first kappa shape index (κ1) is 12.1. The minimum absolute atomic E-state index is 0.158. The van der Waals surface area contributed by atoms with E-state index in [0.29, 0.717) is 11.6 Å². The predicted octanol–water partition coefficient (Wildman–Crippen LogP) is 3.31. The highest BCUT2D eigenvalue weighted by Gasteiger charge is 2.33. The zero-order valence-corrected chi connectivity index (χ0v) is 10.1. The third-order valence-corrected chi connectivity index (χ3v) is 3.00. The van der Waals surface area contributed by atoms with Gasteiger partial charge in [-0.3, -0.25) is 4.79 Å². The lowest BCUT2D eigenvalue weighted by Gasteiger charge is -2.21. The molecule has 0 radical (unpaired) electrons. The maximum Gasteiger partial charge on any atom is 0.282 e. The summed E-state index contributed by atoms with van der Waals surface area (Å²) in [6.07, 6.45) is 1.87. The van der Waals surface area contributed by atoms with Crippen molar-refractivity contribution < 1.29 is 9.18 Å². The highest BCUT2D eigenvalue weighted by atomic mass is 35.5. The van der Waals surface area contributed by atoms with Gasteiger partial charge in [0.2, 0.25) is 0 Å². The number of benzene rings is 1. The topological polar surface area (TPSA) is 20.3 Å². The summed E-state index contributed by atoms with van der Waals surface area (Å²) in [6.45, 7) is 3.47. The normalized spacial score (nSPS) is 14.5. The molecule has 1 fully saturated rings. The van der Waals surface area contributed by atoms with Crippen LogP contribution in [-0.4, -0.2) is 16.8 Å². The largest absolute Gasteiger partial charge is 0.329 e. The van der Waals surface area contributed by atoms with Crippen LogP contribution < -0.4 is 0 Å². The van der Waals surface area contributed by atoms with Gasteiger partial charge < -0.3 is 4.90 Å². The van der Waals surface area contributed by atoms with Crippen molar-refractivity contribution in [2.45, 2.75) is 25.4 Å². The number of rotatable bonds is 4. The zero-order chi connectivity index (χ0) is 12.4. The highest BCUT2D eigenvalue weighted by molar-refractivity contribution is 6.30. The fraction of sp³-hybridized carbons (Fsp3) is 0.308. The number of halogens is 2. The molecule has 1 aliphatic carbocycles. The van der Waals surface area contributed by atoms with E-state index in [1.165, 1.54) is 4.90 Å². The molecule has 1 saturated carbocycles. The van der Waals surface area contributed by atoms with Crippen LogP contribution in [0.2, 0.25) is 5.02 Å². The number of carbonyl (C=O) groups is 1. The van der Waals surface area contributed by atoms with Gasteiger partial charge in [0.15, 0.2) is 5.83 Å². The maximum atomic E-state index is 12.9. The molecule has 4 heteroatoms. The van der Waals surface area contributed by atoms with E-state index >= 15 is 0 Å². The third kappa shape index (κ3) is 3.07. The Bertz CT molecular complexity index is 439. The average Bonchev–Trinajstić information content (AvgIpc) is 3.11. The van der Waals surface area contributed by atoms with Gasteiger partial charge in [0.1, 0.15) is 0 Å². The van der Waals surface area contributed by atoms with Crippen molar-refractivity contribution >= 4 is 17.5 Å². The van der Waals surface area contributed by atoms with E-state index in [2.05, 4.69) is 6.58 Å². The van der Waals surface area contributed by atoms with Crippen molar-refractivity contribution in [1.29, 1.82) is 0 Å². The van der Waals surface area contributed by atoms with Gasteiger partial charge in [0.05, 0.1) is 0 Å². The Balaban J connectivity index is 2.10. The predicted molar refractivity (Wildman–Crippen MR) is 65.3 cm³/mol. The summed E-state index contributed by atoms with van der Waals surface area (Å²) >= 11 is 5.78. The molecule has 0 bridgehead atoms. The molecule has 0 heterocycles. The van der Waals surface area contributed by atoms with E-state index in [1.807, 2.05) is 12.1 Å². The molecule has 0 unspecified atom stereocenters. The van der Waals surface area contributed by atoms with Gasteiger partial charge in [0, 0.05) is 17.6 Å². The van der Waals surface area contributed by atoms with Gasteiger partial charge in [-0.1, -0.05) is 30.3 Å². The van der Waals surface area contributed by atoms with Crippen molar-refractivity contribution in [1.82, 2.24) is 4.90 Å². The number of hydrogen-bond donors (Lipinski definition) is 0. The molecule has 1 aliphatic rings. The molecule has 17 heavy (non-hydrogen) atoms. The van der Waals surface area contributed by atoms with Crippen LogP contribution in [-0.2, 0) is 11.3 Å². The van der Waals surface area contributed by atoms with Crippen LogP contribution in [0.25, 0.3) is 0 Å². The second-order valence-electron chi connectivity index (χ2n) is 4.20. The Labute approximate surface area is 105 Å². The van der Waals surface area contributed by atoms with E-state index in [4.69, 9.17) is 11.6 Å². The minimum Gasteiger partial charge on any atom is -0.329 e. The summed E-state index contributed by atoms with van der Waals surface area (Å²) in [5, 5.41) is 0.646. The number of hydrogen-bond acceptors (Lipinski definition) is 1. The van der Waals surface area contributed by atoms with Crippen LogP contribution in [0.15, 0.2) is 36.7 Å². The SMILES string of the molecule is C=C(F)C(=O)N(Cc1ccc(Cl)cc1)C1CC1. The Kier molecular flexibility index (Phi) is 3.48. The molecule has 0 aromatic heterocycles. The van der Waals surface area contributed by atoms with Crippen molar-refractivity contribution in [2.24, 2.45) is 0 Å². The molecular weight excluding hydrogens is 241 g/mol. The van der Waals surface area contributed by atoms with Crippen LogP contribution >= 0.6 is 11.6 Å². The van der Waals surface area contributed by atoms with Crippen molar-refractivity contribution in [3.8, 4) is 0 Å².